The fourth-order valence-corrected chi connectivity index (χ4v) is 1.40. The van der Waals surface area contributed by atoms with Gasteiger partial charge < -0.3 is 10.5 Å². The molecule has 1 aromatic rings. The number of thiocarbonyl (C=S) groups is 1. The molecule has 6 heteroatoms. The molecule has 1 aromatic carbocycles. The molecule has 0 aliphatic heterocycles. The number of hydrogen-bond acceptors (Lipinski definition) is 2. The molecule has 0 bridgehead atoms. The Morgan fingerprint density at radius 2 is 2.06 bits per heavy atom. The Hall–Kier alpha value is -1.30. The maximum absolute atomic E-state index is 12.5. The Kier molecular flexibility index (Phi) is 4.34. The van der Waals surface area contributed by atoms with Crippen LogP contribution < -0.4 is 10.5 Å². The van der Waals surface area contributed by atoms with E-state index in [-0.39, 0.29) is 16.3 Å². The fourth-order valence-electron chi connectivity index (χ4n) is 1.24. The average Bonchev–Trinajstić information content (AvgIpc) is 2.24. The topological polar surface area (TPSA) is 35.2 Å². The third-order valence-electron chi connectivity index (χ3n) is 2.03. The van der Waals surface area contributed by atoms with Gasteiger partial charge in [0.15, 0.2) is 0 Å². The van der Waals surface area contributed by atoms with Gasteiger partial charge in [-0.25, -0.2) is 0 Å². The van der Waals surface area contributed by atoms with E-state index in [1.54, 1.807) is 0 Å². The molecule has 0 heterocycles. The van der Waals surface area contributed by atoms with Crippen molar-refractivity contribution in [1.29, 1.82) is 0 Å². The Balaban J connectivity index is 3.13. The zero-order valence-electron chi connectivity index (χ0n) is 9.17. The predicted molar refractivity (Wildman–Crippen MR) is 63.1 cm³/mol. The first-order valence-corrected chi connectivity index (χ1v) is 5.41. The lowest BCUT2D eigenvalue weighted by Crippen LogP contribution is -2.14. The maximum atomic E-state index is 12.5. The van der Waals surface area contributed by atoms with E-state index in [9.17, 15) is 13.2 Å². The molecule has 2 nitrogen and oxygen atoms in total. The van der Waals surface area contributed by atoms with E-state index in [0.717, 1.165) is 18.6 Å². The summed E-state index contributed by atoms with van der Waals surface area (Å²) in [6.07, 6.45) is -3.67. The van der Waals surface area contributed by atoms with Gasteiger partial charge in [0, 0.05) is 0 Å². The number of alkyl halides is 3. The summed E-state index contributed by atoms with van der Waals surface area (Å²) in [6.45, 7) is 2.30. The first-order valence-electron chi connectivity index (χ1n) is 5.00. The minimum absolute atomic E-state index is 0.109. The highest BCUT2D eigenvalue weighted by molar-refractivity contribution is 7.80. The number of ether oxygens (including phenoxy) is 1. The van der Waals surface area contributed by atoms with E-state index in [0.29, 0.717) is 6.61 Å². The molecule has 0 radical (unpaired) electrons. The molecule has 0 atom stereocenters. The maximum Gasteiger partial charge on any atom is 0.416 e. The van der Waals surface area contributed by atoms with Gasteiger partial charge in [-0.05, 0) is 24.6 Å². The summed E-state index contributed by atoms with van der Waals surface area (Å²) in [5.41, 5.74) is 4.71. The van der Waals surface area contributed by atoms with Gasteiger partial charge in [-0.3, -0.25) is 0 Å². The molecule has 0 amide bonds. The summed E-state index contributed by atoms with van der Waals surface area (Å²) in [7, 11) is 0. The van der Waals surface area contributed by atoms with Crippen molar-refractivity contribution in [3.8, 4) is 5.75 Å². The van der Waals surface area contributed by atoms with Gasteiger partial charge in [-0.2, -0.15) is 13.2 Å². The van der Waals surface area contributed by atoms with Crippen LogP contribution in [0, 0.1) is 0 Å². The van der Waals surface area contributed by atoms with Crippen molar-refractivity contribution in [2.24, 2.45) is 5.73 Å². The molecule has 0 spiro atoms. The van der Waals surface area contributed by atoms with Crippen molar-refractivity contribution >= 4 is 17.2 Å². The monoisotopic (exact) mass is 263 g/mol. The van der Waals surface area contributed by atoms with E-state index in [1.165, 1.54) is 6.07 Å². The van der Waals surface area contributed by atoms with Crippen LogP contribution in [0.2, 0.25) is 0 Å². The van der Waals surface area contributed by atoms with E-state index < -0.39 is 11.7 Å². The second-order valence-electron chi connectivity index (χ2n) is 3.42. The molecule has 0 saturated carbocycles. The normalized spacial score (nSPS) is 11.3. The lowest BCUT2D eigenvalue weighted by atomic mass is 10.1. The van der Waals surface area contributed by atoms with Crippen LogP contribution in [0.15, 0.2) is 18.2 Å². The minimum Gasteiger partial charge on any atom is -0.493 e. The Labute approximate surface area is 103 Å². The summed E-state index contributed by atoms with van der Waals surface area (Å²) >= 11 is 4.71. The summed E-state index contributed by atoms with van der Waals surface area (Å²) in [5.74, 6) is 0.285. The molecule has 0 unspecified atom stereocenters. The lowest BCUT2D eigenvalue weighted by Gasteiger charge is -2.13. The van der Waals surface area contributed by atoms with Crippen LogP contribution in [0.1, 0.15) is 24.5 Å². The van der Waals surface area contributed by atoms with Gasteiger partial charge in [0.2, 0.25) is 0 Å². The van der Waals surface area contributed by atoms with Gasteiger partial charge in [-0.1, -0.05) is 19.1 Å². The zero-order valence-corrected chi connectivity index (χ0v) is 9.99. The van der Waals surface area contributed by atoms with Crippen molar-refractivity contribution in [3.63, 3.8) is 0 Å². The molecule has 2 N–H and O–H groups in total. The molecule has 0 aromatic heterocycles. The van der Waals surface area contributed by atoms with E-state index in [1.807, 2.05) is 6.92 Å². The van der Waals surface area contributed by atoms with E-state index in [4.69, 9.17) is 22.7 Å². The molecule has 0 saturated heterocycles. The SMILES string of the molecule is CCCOc1ccc(C(F)(F)F)cc1C(N)=S. The van der Waals surface area contributed by atoms with Crippen LogP contribution in [-0.4, -0.2) is 11.6 Å². The molecule has 0 aliphatic rings. The molecule has 1 rings (SSSR count). The summed E-state index contributed by atoms with van der Waals surface area (Å²) in [6, 6.07) is 3.10. The van der Waals surface area contributed by atoms with Crippen LogP contribution in [0.5, 0.6) is 5.75 Å². The lowest BCUT2D eigenvalue weighted by molar-refractivity contribution is -0.137. The van der Waals surface area contributed by atoms with Crippen LogP contribution in [-0.2, 0) is 6.18 Å². The number of hydrogen-bond donors (Lipinski definition) is 1. The number of benzene rings is 1. The third kappa shape index (κ3) is 3.59. The Bertz CT molecular complexity index is 418. The average molecular weight is 263 g/mol. The summed E-state index contributed by atoms with van der Waals surface area (Å²) in [4.78, 5) is -0.109. The van der Waals surface area contributed by atoms with E-state index >= 15 is 0 Å². The summed E-state index contributed by atoms with van der Waals surface area (Å²) in [5, 5.41) is 0. The third-order valence-corrected chi connectivity index (χ3v) is 2.25. The molecule has 94 valence electrons. The highest BCUT2D eigenvalue weighted by atomic mass is 32.1. The first-order chi connectivity index (χ1) is 7.86. The highest BCUT2D eigenvalue weighted by Gasteiger charge is 2.31. The van der Waals surface area contributed by atoms with Gasteiger partial charge in [0.1, 0.15) is 10.7 Å². The Morgan fingerprint density at radius 3 is 2.53 bits per heavy atom. The molecule has 0 aliphatic carbocycles. The number of nitrogens with two attached hydrogens (primary N) is 1. The standard InChI is InChI=1S/C11H12F3NOS/c1-2-5-16-9-4-3-7(11(12,13)14)6-8(9)10(15)17/h3-4,6H,2,5H2,1H3,(H2,15,17). The van der Waals surface area contributed by atoms with Gasteiger partial charge in [0.05, 0.1) is 17.7 Å². The van der Waals surface area contributed by atoms with Crippen molar-refractivity contribution in [1.82, 2.24) is 0 Å². The fraction of sp³-hybridized carbons (Fsp3) is 0.364. The molecular weight excluding hydrogens is 251 g/mol. The highest BCUT2D eigenvalue weighted by Crippen LogP contribution is 2.32. The Morgan fingerprint density at radius 1 is 1.41 bits per heavy atom. The van der Waals surface area contributed by atoms with Crippen molar-refractivity contribution in [2.75, 3.05) is 6.61 Å². The van der Waals surface area contributed by atoms with Crippen molar-refractivity contribution < 1.29 is 17.9 Å². The molecule has 0 fully saturated rings. The van der Waals surface area contributed by atoms with Gasteiger partial charge in [-0.15, -0.1) is 0 Å². The largest absolute Gasteiger partial charge is 0.493 e. The smallest absolute Gasteiger partial charge is 0.416 e. The second kappa shape index (κ2) is 5.35. The first kappa shape index (κ1) is 13.8. The van der Waals surface area contributed by atoms with Crippen molar-refractivity contribution in [2.45, 2.75) is 19.5 Å². The quantitative estimate of drug-likeness (QED) is 0.848. The summed E-state index contributed by atoms with van der Waals surface area (Å²) < 4.78 is 42.8. The van der Waals surface area contributed by atoms with Crippen LogP contribution in [0.4, 0.5) is 13.2 Å². The number of rotatable bonds is 4. The van der Waals surface area contributed by atoms with Crippen LogP contribution in [0.25, 0.3) is 0 Å². The minimum atomic E-state index is -4.41. The van der Waals surface area contributed by atoms with Crippen LogP contribution >= 0.6 is 12.2 Å². The van der Waals surface area contributed by atoms with Gasteiger partial charge >= 0.3 is 6.18 Å². The molecule has 17 heavy (non-hydrogen) atoms. The van der Waals surface area contributed by atoms with Gasteiger partial charge in [0.25, 0.3) is 0 Å². The number of halogens is 3. The predicted octanol–water partition coefficient (Wildman–Crippen LogP) is 3.13. The van der Waals surface area contributed by atoms with E-state index in [2.05, 4.69) is 0 Å². The molecular formula is C11H12F3NOS. The van der Waals surface area contributed by atoms with Crippen molar-refractivity contribution in [3.05, 3.63) is 29.3 Å². The second-order valence-corrected chi connectivity index (χ2v) is 3.86. The zero-order chi connectivity index (χ0) is 13.1. The van der Waals surface area contributed by atoms with Crippen LogP contribution in [0.3, 0.4) is 0 Å².